The highest BCUT2D eigenvalue weighted by Gasteiger charge is 2.16. The number of hydrogen-bond acceptors (Lipinski definition) is 1. The molecule has 1 nitrogen and oxygen atoms in total. The summed E-state index contributed by atoms with van der Waals surface area (Å²) < 4.78 is 14.3. The molecule has 0 saturated carbocycles. The van der Waals surface area contributed by atoms with E-state index in [1.807, 2.05) is 49.4 Å². The third-order valence-corrected chi connectivity index (χ3v) is 6.17. The standard InChI is InChI=1S/C20H17IOS/c1-14-10-12-16(13-11-14)23(22)19-9-4-3-7-17(19)20-15(2)6-5-8-18(20)21/h3-13H,1-2H3. The second-order valence-corrected chi connectivity index (χ2v) is 8.12. The van der Waals surface area contributed by atoms with Crippen LogP contribution in [0.3, 0.4) is 0 Å². The highest BCUT2D eigenvalue weighted by Crippen LogP contribution is 2.34. The molecule has 1 atom stereocenters. The van der Waals surface area contributed by atoms with E-state index in [0.29, 0.717) is 0 Å². The first-order valence-corrected chi connectivity index (χ1v) is 9.64. The molecular formula is C20H17IOS. The predicted octanol–water partition coefficient (Wildman–Crippen LogP) is 5.74. The van der Waals surface area contributed by atoms with Gasteiger partial charge in [0.05, 0.1) is 15.7 Å². The molecule has 3 aromatic rings. The van der Waals surface area contributed by atoms with Crippen molar-refractivity contribution in [1.29, 1.82) is 0 Å². The fraction of sp³-hybridized carbons (Fsp3) is 0.100. The SMILES string of the molecule is Cc1ccc(S(=O)c2ccccc2-c2c(C)cccc2I)cc1. The van der Waals surface area contributed by atoms with Gasteiger partial charge in [-0.05, 0) is 77.4 Å². The normalized spacial score (nSPS) is 12.1. The molecule has 0 aliphatic heterocycles. The molecule has 3 aromatic carbocycles. The summed E-state index contributed by atoms with van der Waals surface area (Å²) in [4.78, 5) is 1.70. The molecule has 3 rings (SSSR count). The molecule has 3 heteroatoms. The molecule has 0 fully saturated rings. The van der Waals surface area contributed by atoms with Crippen LogP contribution in [0.15, 0.2) is 76.5 Å². The van der Waals surface area contributed by atoms with Crippen molar-refractivity contribution in [3.05, 3.63) is 81.4 Å². The van der Waals surface area contributed by atoms with Crippen LogP contribution in [0.5, 0.6) is 0 Å². The second kappa shape index (κ2) is 6.97. The second-order valence-electron chi connectivity index (χ2n) is 5.51. The van der Waals surface area contributed by atoms with Gasteiger partial charge in [0.2, 0.25) is 0 Å². The van der Waals surface area contributed by atoms with Gasteiger partial charge in [0.1, 0.15) is 0 Å². The van der Waals surface area contributed by atoms with Gasteiger partial charge in [-0.1, -0.05) is 48.0 Å². The molecule has 23 heavy (non-hydrogen) atoms. The van der Waals surface area contributed by atoms with Crippen LogP contribution >= 0.6 is 22.6 Å². The van der Waals surface area contributed by atoms with Crippen molar-refractivity contribution < 1.29 is 4.21 Å². The largest absolute Gasteiger partial charge is 0.249 e. The first-order valence-electron chi connectivity index (χ1n) is 7.41. The third-order valence-electron chi connectivity index (χ3n) is 3.81. The van der Waals surface area contributed by atoms with Crippen molar-refractivity contribution in [1.82, 2.24) is 0 Å². The van der Waals surface area contributed by atoms with E-state index < -0.39 is 10.8 Å². The Morgan fingerprint density at radius 2 is 1.52 bits per heavy atom. The van der Waals surface area contributed by atoms with Crippen molar-refractivity contribution in [2.45, 2.75) is 23.6 Å². The lowest BCUT2D eigenvalue weighted by Gasteiger charge is -2.13. The smallest absolute Gasteiger partial charge is 0.0855 e. The Kier molecular flexibility index (Phi) is 4.97. The van der Waals surface area contributed by atoms with Crippen LogP contribution in [0.25, 0.3) is 11.1 Å². The van der Waals surface area contributed by atoms with Gasteiger partial charge in [0.15, 0.2) is 0 Å². The minimum absolute atomic E-state index is 0.839. The summed E-state index contributed by atoms with van der Waals surface area (Å²) in [6, 6.07) is 22.2. The van der Waals surface area contributed by atoms with Gasteiger partial charge in [-0.15, -0.1) is 0 Å². The lowest BCUT2D eigenvalue weighted by molar-refractivity contribution is 0.683. The summed E-state index contributed by atoms with van der Waals surface area (Å²) >= 11 is 2.35. The van der Waals surface area contributed by atoms with Crippen LogP contribution in [0.1, 0.15) is 11.1 Å². The summed E-state index contributed by atoms with van der Waals surface area (Å²) in [6.45, 7) is 4.14. The van der Waals surface area contributed by atoms with Crippen molar-refractivity contribution in [2.75, 3.05) is 0 Å². The Balaban J connectivity index is 2.15. The Bertz CT molecular complexity index is 849. The van der Waals surface area contributed by atoms with Crippen LogP contribution in [0.2, 0.25) is 0 Å². The Labute approximate surface area is 153 Å². The Hall–Kier alpha value is -1.46. The first-order chi connectivity index (χ1) is 11.1. The van der Waals surface area contributed by atoms with E-state index in [1.165, 1.54) is 20.3 Å². The van der Waals surface area contributed by atoms with E-state index in [4.69, 9.17) is 0 Å². The van der Waals surface area contributed by atoms with Crippen LogP contribution in [0, 0.1) is 17.4 Å². The Morgan fingerprint density at radius 1 is 0.826 bits per heavy atom. The highest BCUT2D eigenvalue weighted by atomic mass is 127. The molecular weight excluding hydrogens is 415 g/mol. The third kappa shape index (κ3) is 3.40. The van der Waals surface area contributed by atoms with E-state index in [9.17, 15) is 4.21 Å². The molecule has 0 amide bonds. The molecule has 0 spiro atoms. The fourth-order valence-electron chi connectivity index (χ4n) is 2.60. The number of benzene rings is 3. The maximum Gasteiger partial charge on any atom is 0.0855 e. The molecule has 0 saturated heterocycles. The van der Waals surface area contributed by atoms with Gasteiger partial charge >= 0.3 is 0 Å². The molecule has 0 bridgehead atoms. The van der Waals surface area contributed by atoms with Crippen LogP contribution in [-0.4, -0.2) is 4.21 Å². The molecule has 0 N–H and O–H groups in total. The topological polar surface area (TPSA) is 17.1 Å². The van der Waals surface area contributed by atoms with Crippen molar-refractivity contribution in [3.8, 4) is 11.1 Å². The summed E-state index contributed by atoms with van der Waals surface area (Å²) in [5.41, 5.74) is 4.59. The van der Waals surface area contributed by atoms with E-state index in [2.05, 4.69) is 53.8 Å². The lowest BCUT2D eigenvalue weighted by atomic mass is 10.0. The van der Waals surface area contributed by atoms with E-state index in [0.717, 1.165) is 15.4 Å². The minimum atomic E-state index is -1.19. The van der Waals surface area contributed by atoms with E-state index >= 15 is 0 Å². The predicted molar refractivity (Wildman–Crippen MR) is 105 cm³/mol. The molecule has 1 unspecified atom stereocenters. The van der Waals surface area contributed by atoms with Crippen molar-refractivity contribution in [2.24, 2.45) is 0 Å². The van der Waals surface area contributed by atoms with E-state index in [1.54, 1.807) is 0 Å². The molecule has 0 radical (unpaired) electrons. The van der Waals surface area contributed by atoms with Gasteiger partial charge in [0, 0.05) is 8.47 Å². The van der Waals surface area contributed by atoms with Gasteiger partial charge in [-0.25, -0.2) is 4.21 Å². The Morgan fingerprint density at radius 3 is 2.22 bits per heavy atom. The number of rotatable bonds is 3. The summed E-state index contributed by atoms with van der Waals surface area (Å²) in [5, 5.41) is 0. The van der Waals surface area contributed by atoms with Gasteiger partial charge in [-0.3, -0.25) is 0 Å². The fourth-order valence-corrected chi connectivity index (χ4v) is 4.73. The quantitative estimate of drug-likeness (QED) is 0.483. The summed E-state index contributed by atoms with van der Waals surface area (Å²) in [5.74, 6) is 0. The maximum absolute atomic E-state index is 13.1. The van der Waals surface area contributed by atoms with Gasteiger partial charge < -0.3 is 0 Å². The number of halogens is 1. The average molecular weight is 432 g/mol. The van der Waals surface area contributed by atoms with Crippen LogP contribution in [-0.2, 0) is 10.8 Å². The first kappa shape index (κ1) is 16.4. The number of hydrogen-bond donors (Lipinski definition) is 0. The molecule has 0 aliphatic carbocycles. The van der Waals surface area contributed by atoms with Gasteiger partial charge in [0.25, 0.3) is 0 Å². The molecule has 0 aromatic heterocycles. The minimum Gasteiger partial charge on any atom is -0.249 e. The molecule has 116 valence electrons. The highest BCUT2D eigenvalue weighted by molar-refractivity contribution is 14.1. The monoisotopic (exact) mass is 432 g/mol. The van der Waals surface area contributed by atoms with Gasteiger partial charge in [-0.2, -0.15) is 0 Å². The van der Waals surface area contributed by atoms with Crippen LogP contribution in [0.4, 0.5) is 0 Å². The summed E-state index contributed by atoms with van der Waals surface area (Å²) in [7, 11) is -1.19. The maximum atomic E-state index is 13.1. The van der Waals surface area contributed by atoms with Crippen LogP contribution < -0.4 is 0 Å². The van der Waals surface area contributed by atoms with E-state index in [-0.39, 0.29) is 0 Å². The zero-order valence-corrected chi connectivity index (χ0v) is 16.0. The average Bonchev–Trinajstić information content (AvgIpc) is 2.55. The zero-order chi connectivity index (χ0) is 16.4. The zero-order valence-electron chi connectivity index (χ0n) is 13.0. The summed E-state index contributed by atoms with van der Waals surface area (Å²) in [6.07, 6.45) is 0. The molecule has 0 heterocycles. The van der Waals surface area contributed by atoms with Crippen molar-refractivity contribution in [3.63, 3.8) is 0 Å². The molecule has 0 aliphatic rings. The van der Waals surface area contributed by atoms with Crippen molar-refractivity contribution >= 4 is 33.4 Å². The number of aryl methyl sites for hydroxylation is 2. The lowest BCUT2D eigenvalue weighted by Crippen LogP contribution is -1.98.